The molecule has 0 unspecified atom stereocenters. The highest BCUT2D eigenvalue weighted by molar-refractivity contribution is 5.93. The maximum Gasteiger partial charge on any atom is 0.341 e. The molecule has 4 N–H and O–H groups in total. The van der Waals surface area contributed by atoms with Gasteiger partial charge in [-0.1, -0.05) is 0 Å². The fraction of sp³-hybridized carbons (Fsp3) is 0.412. The number of hydrogen-bond donors (Lipinski definition) is 3. The van der Waals surface area contributed by atoms with Gasteiger partial charge in [0.15, 0.2) is 0 Å². The monoisotopic (exact) mass is 349 g/mol. The van der Waals surface area contributed by atoms with Crippen molar-refractivity contribution in [1.82, 2.24) is 4.57 Å². The predicted molar refractivity (Wildman–Crippen MR) is 91.8 cm³/mol. The van der Waals surface area contributed by atoms with Crippen molar-refractivity contribution in [3.8, 4) is 0 Å². The van der Waals surface area contributed by atoms with Gasteiger partial charge in [-0.15, -0.1) is 0 Å². The summed E-state index contributed by atoms with van der Waals surface area (Å²) in [6.45, 7) is 1.62. The number of pyridine rings is 1. The van der Waals surface area contributed by atoms with Crippen molar-refractivity contribution < 1.29 is 19.0 Å². The van der Waals surface area contributed by atoms with Gasteiger partial charge in [-0.3, -0.25) is 4.79 Å². The van der Waals surface area contributed by atoms with E-state index in [1.165, 1.54) is 6.20 Å². The van der Waals surface area contributed by atoms with Crippen molar-refractivity contribution in [2.45, 2.75) is 18.9 Å². The van der Waals surface area contributed by atoms with E-state index in [1.54, 1.807) is 10.6 Å². The summed E-state index contributed by atoms with van der Waals surface area (Å²) >= 11 is 0. The highest BCUT2D eigenvalue weighted by Gasteiger charge is 2.27. The number of benzene rings is 1. The fourth-order valence-corrected chi connectivity index (χ4v) is 2.76. The van der Waals surface area contributed by atoms with Crippen LogP contribution < -0.4 is 16.5 Å². The number of carboxylic acids is 1. The molecule has 1 saturated carbocycles. The van der Waals surface area contributed by atoms with E-state index in [4.69, 9.17) is 10.5 Å². The van der Waals surface area contributed by atoms with Gasteiger partial charge >= 0.3 is 5.97 Å². The van der Waals surface area contributed by atoms with Gasteiger partial charge in [0.25, 0.3) is 0 Å². The molecule has 7 nitrogen and oxygen atoms in total. The average molecular weight is 349 g/mol. The van der Waals surface area contributed by atoms with Crippen LogP contribution in [0.1, 0.15) is 29.2 Å². The number of anilines is 1. The molecule has 0 bridgehead atoms. The number of hydrogen-bond acceptors (Lipinski definition) is 5. The second-order valence-corrected chi connectivity index (χ2v) is 5.99. The first-order chi connectivity index (χ1) is 12.0. The lowest BCUT2D eigenvalue weighted by Gasteiger charge is -2.14. The topological polar surface area (TPSA) is 107 Å². The molecule has 0 amide bonds. The minimum absolute atomic E-state index is 0.0780. The number of nitrogens with one attached hydrogen (secondary N) is 1. The van der Waals surface area contributed by atoms with Gasteiger partial charge in [-0.25, -0.2) is 9.18 Å². The Labute approximate surface area is 143 Å². The van der Waals surface area contributed by atoms with Crippen LogP contribution in [0.5, 0.6) is 0 Å². The molecule has 0 aliphatic heterocycles. The van der Waals surface area contributed by atoms with Crippen LogP contribution >= 0.6 is 0 Å². The smallest absolute Gasteiger partial charge is 0.341 e. The van der Waals surface area contributed by atoms with Gasteiger partial charge in [-0.2, -0.15) is 0 Å². The van der Waals surface area contributed by atoms with Crippen molar-refractivity contribution in [3.05, 3.63) is 39.9 Å². The third kappa shape index (κ3) is 3.64. The summed E-state index contributed by atoms with van der Waals surface area (Å²) in [5.41, 5.74) is 5.10. The molecule has 0 saturated heterocycles. The molecule has 1 aromatic carbocycles. The van der Waals surface area contributed by atoms with Crippen LogP contribution in [0.2, 0.25) is 0 Å². The highest BCUT2D eigenvalue weighted by atomic mass is 19.1. The van der Waals surface area contributed by atoms with Crippen LogP contribution in [0.15, 0.2) is 23.1 Å². The number of halogens is 1. The SMILES string of the molecule is NCCOCCNc1cc2c(cc1F)c(=O)c(C(=O)O)cn2C1CC1. The summed E-state index contributed by atoms with van der Waals surface area (Å²) in [6.07, 6.45) is 3.17. The quantitative estimate of drug-likeness (QED) is 0.625. The molecule has 0 radical (unpaired) electrons. The summed E-state index contributed by atoms with van der Waals surface area (Å²) in [7, 11) is 0. The van der Waals surface area contributed by atoms with Crippen LogP contribution in [0.4, 0.5) is 10.1 Å². The summed E-state index contributed by atoms with van der Waals surface area (Å²) in [5.74, 6) is -1.91. The van der Waals surface area contributed by atoms with Crippen LogP contribution in [0.25, 0.3) is 10.9 Å². The van der Waals surface area contributed by atoms with E-state index in [9.17, 15) is 19.1 Å². The summed E-state index contributed by atoms with van der Waals surface area (Å²) in [5, 5.41) is 12.2. The van der Waals surface area contributed by atoms with E-state index in [-0.39, 0.29) is 22.7 Å². The first-order valence-corrected chi connectivity index (χ1v) is 8.16. The molecule has 1 aliphatic rings. The lowest BCUT2D eigenvalue weighted by molar-refractivity contribution is 0.0695. The van der Waals surface area contributed by atoms with Crippen LogP contribution in [-0.4, -0.2) is 41.9 Å². The minimum atomic E-state index is -1.30. The zero-order chi connectivity index (χ0) is 18.0. The Hall–Kier alpha value is -2.45. The molecule has 25 heavy (non-hydrogen) atoms. The second kappa shape index (κ2) is 7.20. The molecule has 8 heteroatoms. The average Bonchev–Trinajstić information content (AvgIpc) is 3.40. The number of nitrogens with zero attached hydrogens (tertiary/aromatic N) is 1. The molecule has 1 aliphatic carbocycles. The molecule has 3 rings (SSSR count). The number of aromatic nitrogens is 1. The molecule has 1 heterocycles. The number of ether oxygens (including phenoxy) is 1. The molecule has 134 valence electrons. The molecular weight excluding hydrogens is 329 g/mol. The number of fused-ring (bicyclic) bond motifs is 1. The number of carbonyl (C=O) groups is 1. The highest BCUT2D eigenvalue weighted by Crippen LogP contribution is 2.37. The zero-order valence-electron chi connectivity index (χ0n) is 13.6. The van der Waals surface area contributed by atoms with E-state index in [1.807, 2.05) is 0 Å². The van der Waals surface area contributed by atoms with Gasteiger partial charge in [0.05, 0.1) is 24.4 Å². The van der Waals surface area contributed by atoms with E-state index >= 15 is 0 Å². The molecule has 1 fully saturated rings. The molecule has 0 atom stereocenters. The normalized spacial score (nSPS) is 14.0. The Kier molecular flexibility index (Phi) is 5.00. The maximum atomic E-state index is 14.3. The molecule has 2 aromatic rings. The second-order valence-electron chi connectivity index (χ2n) is 5.99. The van der Waals surface area contributed by atoms with Crippen molar-refractivity contribution in [1.29, 1.82) is 0 Å². The minimum Gasteiger partial charge on any atom is -0.477 e. The van der Waals surface area contributed by atoms with Crippen LogP contribution in [0.3, 0.4) is 0 Å². The van der Waals surface area contributed by atoms with E-state index in [0.717, 1.165) is 18.9 Å². The van der Waals surface area contributed by atoms with E-state index in [0.29, 0.717) is 31.8 Å². The van der Waals surface area contributed by atoms with Crippen molar-refractivity contribution in [2.75, 3.05) is 31.6 Å². The standard InChI is InChI=1S/C17H20FN3O4/c18-13-7-11-15(8-14(13)20-4-6-25-5-3-19)21(10-1-2-10)9-12(16(11)22)17(23)24/h7-10,20H,1-6,19H2,(H,23,24). The molecule has 1 aromatic heterocycles. The third-order valence-electron chi connectivity index (χ3n) is 4.12. The maximum absolute atomic E-state index is 14.3. The van der Waals surface area contributed by atoms with Crippen LogP contribution in [0, 0.1) is 5.82 Å². The Morgan fingerprint density at radius 2 is 2.16 bits per heavy atom. The number of aromatic carboxylic acids is 1. The van der Waals surface area contributed by atoms with Gasteiger partial charge in [0.1, 0.15) is 11.4 Å². The summed E-state index contributed by atoms with van der Waals surface area (Å²) in [4.78, 5) is 23.6. The fourth-order valence-electron chi connectivity index (χ4n) is 2.76. The van der Waals surface area contributed by atoms with Gasteiger partial charge < -0.3 is 25.5 Å². The largest absolute Gasteiger partial charge is 0.477 e. The third-order valence-corrected chi connectivity index (χ3v) is 4.12. The first kappa shape index (κ1) is 17.4. The van der Waals surface area contributed by atoms with Gasteiger partial charge in [-0.05, 0) is 25.0 Å². The molecular formula is C17H20FN3O4. The summed E-state index contributed by atoms with van der Waals surface area (Å²) in [6, 6.07) is 2.80. The number of rotatable bonds is 8. The Bertz CT molecular complexity index is 861. The molecule has 0 spiro atoms. The first-order valence-electron chi connectivity index (χ1n) is 8.16. The zero-order valence-corrected chi connectivity index (χ0v) is 13.6. The number of carboxylic acid groups (broad SMARTS) is 1. The predicted octanol–water partition coefficient (Wildman–Crippen LogP) is 1.56. The Balaban J connectivity index is 1.98. The Morgan fingerprint density at radius 3 is 2.80 bits per heavy atom. The Morgan fingerprint density at radius 1 is 1.40 bits per heavy atom. The van der Waals surface area contributed by atoms with E-state index in [2.05, 4.69) is 5.32 Å². The lowest BCUT2D eigenvalue weighted by atomic mass is 10.1. The van der Waals surface area contributed by atoms with Gasteiger partial charge in [0.2, 0.25) is 5.43 Å². The lowest BCUT2D eigenvalue weighted by Crippen LogP contribution is -2.19. The summed E-state index contributed by atoms with van der Waals surface area (Å²) < 4.78 is 21.3. The van der Waals surface area contributed by atoms with Crippen molar-refractivity contribution >= 4 is 22.6 Å². The van der Waals surface area contributed by atoms with Crippen molar-refractivity contribution in [2.24, 2.45) is 5.73 Å². The van der Waals surface area contributed by atoms with Gasteiger partial charge in [0, 0.05) is 30.7 Å². The van der Waals surface area contributed by atoms with E-state index < -0.39 is 17.2 Å². The van der Waals surface area contributed by atoms with Crippen LogP contribution in [-0.2, 0) is 4.74 Å². The number of nitrogens with two attached hydrogens (primary N) is 1. The van der Waals surface area contributed by atoms with Crippen molar-refractivity contribution in [3.63, 3.8) is 0 Å².